The molecule has 0 aromatic heterocycles. The van der Waals surface area contributed by atoms with Crippen molar-refractivity contribution in [3.05, 3.63) is 64.7 Å². The lowest BCUT2D eigenvalue weighted by Crippen LogP contribution is -2.09. The number of nitrogens with one attached hydrogen (secondary N) is 1. The van der Waals surface area contributed by atoms with Crippen molar-refractivity contribution >= 4 is 30.0 Å². The maximum absolute atomic E-state index is 13.0. The van der Waals surface area contributed by atoms with Gasteiger partial charge in [0, 0.05) is 36.0 Å². The SMILES string of the molecule is CCP(=O)(CC/C=N/Nc1ccc([N+](=O)[O-])cc1)c1ccccc1. The van der Waals surface area contributed by atoms with Crippen molar-refractivity contribution in [1.29, 1.82) is 0 Å². The topological polar surface area (TPSA) is 84.6 Å². The number of nitrogens with zero attached hydrogens (tertiary/aromatic N) is 2. The van der Waals surface area contributed by atoms with E-state index in [9.17, 15) is 14.7 Å². The Balaban J connectivity index is 1.87. The molecule has 0 aliphatic carbocycles. The molecule has 2 aromatic rings. The molecular formula is C17H20N3O3P. The number of hydrogen-bond acceptors (Lipinski definition) is 5. The zero-order chi connectivity index (χ0) is 17.4. The zero-order valence-corrected chi connectivity index (χ0v) is 14.4. The van der Waals surface area contributed by atoms with E-state index in [0.29, 0.717) is 24.4 Å². The fourth-order valence-corrected chi connectivity index (χ4v) is 4.47. The number of rotatable bonds is 8. The molecule has 0 bridgehead atoms. The van der Waals surface area contributed by atoms with E-state index in [2.05, 4.69) is 10.5 Å². The minimum atomic E-state index is -2.38. The molecule has 0 saturated heterocycles. The first-order valence-electron chi connectivity index (χ1n) is 7.71. The van der Waals surface area contributed by atoms with Crippen LogP contribution in [0.1, 0.15) is 13.3 Å². The van der Waals surface area contributed by atoms with Crippen LogP contribution in [-0.2, 0) is 4.57 Å². The van der Waals surface area contributed by atoms with Gasteiger partial charge in [-0.1, -0.05) is 37.3 Å². The number of hydrazone groups is 1. The summed E-state index contributed by atoms with van der Waals surface area (Å²) in [5.41, 5.74) is 3.52. The first-order chi connectivity index (χ1) is 11.5. The maximum Gasteiger partial charge on any atom is 0.269 e. The Kier molecular flexibility index (Phi) is 6.27. The monoisotopic (exact) mass is 345 g/mol. The Hall–Kier alpha value is -2.46. The largest absolute Gasteiger partial charge is 0.319 e. The van der Waals surface area contributed by atoms with Gasteiger partial charge in [-0.15, -0.1) is 0 Å². The van der Waals surface area contributed by atoms with Crippen LogP contribution in [0.3, 0.4) is 0 Å². The van der Waals surface area contributed by atoms with Crippen LogP contribution in [0.4, 0.5) is 11.4 Å². The Bertz CT molecular complexity index is 745. The van der Waals surface area contributed by atoms with Gasteiger partial charge in [-0.25, -0.2) is 0 Å². The summed E-state index contributed by atoms with van der Waals surface area (Å²) < 4.78 is 13.0. The second-order valence-corrected chi connectivity index (χ2v) is 8.66. The summed E-state index contributed by atoms with van der Waals surface area (Å²) in [5, 5.41) is 15.6. The summed E-state index contributed by atoms with van der Waals surface area (Å²) in [6.07, 6.45) is 3.48. The number of non-ortho nitro benzene ring substituents is 1. The normalized spacial score (nSPS) is 13.5. The molecule has 1 atom stereocenters. The smallest absolute Gasteiger partial charge is 0.269 e. The lowest BCUT2D eigenvalue weighted by atomic mass is 10.3. The van der Waals surface area contributed by atoms with E-state index in [1.54, 1.807) is 18.3 Å². The molecule has 2 aromatic carbocycles. The summed E-state index contributed by atoms with van der Waals surface area (Å²) >= 11 is 0. The molecule has 126 valence electrons. The molecule has 0 heterocycles. The van der Waals surface area contributed by atoms with Crippen LogP contribution < -0.4 is 10.7 Å². The van der Waals surface area contributed by atoms with Crippen LogP contribution in [0.2, 0.25) is 0 Å². The van der Waals surface area contributed by atoms with Crippen molar-refractivity contribution < 1.29 is 9.49 Å². The van der Waals surface area contributed by atoms with E-state index < -0.39 is 12.1 Å². The molecule has 6 nitrogen and oxygen atoms in total. The third kappa shape index (κ3) is 4.77. The van der Waals surface area contributed by atoms with Crippen LogP contribution in [0.5, 0.6) is 0 Å². The van der Waals surface area contributed by atoms with Gasteiger partial charge in [-0.05, 0) is 18.6 Å². The molecule has 2 rings (SSSR count). The van der Waals surface area contributed by atoms with Crippen molar-refractivity contribution in [3.8, 4) is 0 Å². The summed E-state index contributed by atoms with van der Waals surface area (Å²) in [5.74, 6) is 0. The van der Waals surface area contributed by atoms with Crippen LogP contribution >= 0.6 is 7.14 Å². The van der Waals surface area contributed by atoms with Gasteiger partial charge in [0.15, 0.2) is 0 Å². The molecule has 7 heteroatoms. The van der Waals surface area contributed by atoms with Crippen molar-refractivity contribution in [2.45, 2.75) is 13.3 Å². The molecule has 1 N–H and O–H groups in total. The van der Waals surface area contributed by atoms with E-state index in [1.807, 2.05) is 37.3 Å². The molecule has 0 fully saturated rings. The highest BCUT2D eigenvalue weighted by atomic mass is 31.2. The van der Waals surface area contributed by atoms with Gasteiger partial charge in [-0.2, -0.15) is 5.10 Å². The maximum atomic E-state index is 13.0. The highest BCUT2D eigenvalue weighted by Crippen LogP contribution is 2.44. The van der Waals surface area contributed by atoms with E-state index in [0.717, 1.165) is 5.30 Å². The van der Waals surface area contributed by atoms with Crippen molar-refractivity contribution in [3.63, 3.8) is 0 Å². The van der Waals surface area contributed by atoms with Crippen LogP contribution in [-0.4, -0.2) is 23.5 Å². The first-order valence-corrected chi connectivity index (χ1v) is 9.78. The zero-order valence-electron chi connectivity index (χ0n) is 13.5. The Morgan fingerprint density at radius 3 is 2.42 bits per heavy atom. The molecule has 0 radical (unpaired) electrons. The molecule has 0 spiro atoms. The fraction of sp³-hybridized carbons (Fsp3) is 0.235. The molecule has 0 amide bonds. The van der Waals surface area contributed by atoms with Crippen molar-refractivity contribution in [2.75, 3.05) is 17.7 Å². The predicted octanol–water partition coefficient (Wildman–Crippen LogP) is 4.09. The third-order valence-corrected chi connectivity index (χ3v) is 6.96. The second kappa shape index (κ2) is 8.41. The summed E-state index contributed by atoms with van der Waals surface area (Å²) in [6, 6.07) is 15.6. The van der Waals surface area contributed by atoms with Gasteiger partial charge in [0.2, 0.25) is 0 Å². The molecule has 0 aliphatic heterocycles. The molecule has 0 aliphatic rings. The lowest BCUT2D eigenvalue weighted by Gasteiger charge is -2.15. The van der Waals surface area contributed by atoms with Gasteiger partial charge in [0.25, 0.3) is 5.69 Å². The lowest BCUT2D eigenvalue weighted by molar-refractivity contribution is -0.384. The minimum absolute atomic E-state index is 0.0382. The summed E-state index contributed by atoms with van der Waals surface area (Å²) in [7, 11) is -2.38. The number of nitro groups is 1. The summed E-state index contributed by atoms with van der Waals surface area (Å²) in [6.45, 7) is 1.94. The van der Waals surface area contributed by atoms with E-state index in [-0.39, 0.29) is 5.69 Å². The highest BCUT2D eigenvalue weighted by Gasteiger charge is 2.20. The van der Waals surface area contributed by atoms with Gasteiger partial charge in [-0.3, -0.25) is 15.5 Å². The summed E-state index contributed by atoms with van der Waals surface area (Å²) in [4.78, 5) is 10.1. The first kappa shape index (κ1) is 17.9. The van der Waals surface area contributed by atoms with Gasteiger partial charge in [0.1, 0.15) is 7.14 Å². The molecule has 0 saturated carbocycles. The number of hydrogen-bond donors (Lipinski definition) is 1. The fourth-order valence-electron chi connectivity index (χ4n) is 2.28. The number of anilines is 1. The van der Waals surface area contributed by atoms with E-state index in [4.69, 9.17) is 0 Å². The molecule has 24 heavy (non-hydrogen) atoms. The number of benzene rings is 2. The predicted molar refractivity (Wildman–Crippen MR) is 98.9 cm³/mol. The quantitative estimate of drug-likeness (QED) is 0.338. The van der Waals surface area contributed by atoms with E-state index in [1.165, 1.54) is 12.1 Å². The van der Waals surface area contributed by atoms with Gasteiger partial charge >= 0.3 is 0 Å². The van der Waals surface area contributed by atoms with Gasteiger partial charge < -0.3 is 4.57 Å². The Morgan fingerprint density at radius 1 is 1.17 bits per heavy atom. The van der Waals surface area contributed by atoms with Gasteiger partial charge in [0.05, 0.1) is 10.6 Å². The van der Waals surface area contributed by atoms with Crippen LogP contribution in [0.15, 0.2) is 59.7 Å². The third-order valence-electron chi connectivity index (χ3n) is 3.72. The minimum Gasteiger partial charge on any atom is -0.319 e. The molecule has 1 unspecified atom stereocenters. The molecular weight excluding hydrogens is 325 g/mol. The Morgan fingerprint density at radius 2 is 1.83 bits per heavy atom. The highest BCUT2D eigenvalue weighted by molar-refractivity contribution is 7.71. The average Bonchev–Trinajstić information content (AvgIpc) is 2.62. The standard InChI is InChI=1S/C17H20N3O3P/c1-2-24(23,17-7-4-3-5-8-17)14-6-13-18-19-15-9-11-16(12-10-15)20(21)22/h3-5,7-13,19H,2,6,14H2,1H3/b18-13+. The second-order valence-electron chi connectivity index (χ2n) is 5.28. The average molecular weight is 345 g/mol. The van der Waals surface area contributed by atoms with E-state index >= 15 is 0 Å². The van der Waals surface area contributed by atoms with Crippen LogP contribution in [0.25, 0.3) is 0 Å². The van der Waals surface area contributed by atoms with Crippen molar-refractivity contribution in [2.24, 2.45) is 5.10 Å². The number of nitro benzene ring substituents is 1. The van der Waals surface area contributed by atoms with Crippen LogP contribution in [0, 0.1) is 10.1 Å². The Labute approximate surface area is 141 Å². The van der Waals surface area contributed by atoms with Crippen molar-refractivity contribution in [1.82, 2.24) is 0 Å².